The van der Waals surface area contributed by atoms with Gasteiger partial charge in [-0.3, -0.25) is 0 Å². The van der Waals surface area contributed by atoms with Crippen LogP contribution in [0.25, 0.3) is 0 Å². The van der Waals surface area contributed by atoms with Crippen LogP contribution in [0.3, 0.4) is 0 Å². The molecule has 0 radical (unpaired) electrons. The van der Waals surface area contributed by atoms with Gasteiger partial charge in [0.05, 0.1) is 11.6 Å². The summed E-state index contributed by atoms with van der Waals surface area (Å²) in [5.74, 6) is 1.10. The normalized spacial score (nSPS) is 10.8. The van der Waals surface area contributed by atoms with Crippen molar-refractivity contribution in [2.24, 2.45) is 5.92 Å². The maximum absolute atomic E-state index is 13.1. The number of nitrogens with one attached hydrogen (secondary N) is 1. The van der Waals surface area contributed by atoms with Crippen LogP contribution in [0.4, 0.5) is 10.1 Å². The molecule has 118 valence electrons. The summed E-state index contributed by atoms with van der Waals surface area (Å²) < 4.78 is 18.9. The molecule has 0 atom stereocenters. The maximum atomic E-state index is 13.1. The Morgan fingerprint density at radius 2 is 2.00 bits per heavy atom. The zero-order valence-electron chi connectivity index (χ0n) is 12.9. The molecule has 0 unspecified atom stereocenters. The second-order valence-electron chi connectivity index (χ2n) is 5.66. The summed E-state index contributed by atoms with van der Waals surface area (Å²) in [5.41, 5.74) is 1.89. The quantitative estimate of drug-likeness (QED) is 0.725. The van der Waals surface area contributed by atoms with Gasteiger partial charge in [-0.1, -0.05) is 37.6 Å². The number of hydrogen-bond acceptors (Lipinski definition) is 2. The topological polar surface area (TPSA) is 21.3 Å². The maximum Gasteiger partial charge on any atom is 0.141 e. The van der Waals surface area contributed by atoms with E-state index >= 15 is 0 Å². The SMILES string of the molecule is CC(C)CCOc1cccc(CNc2ccc(F)c(Cl)c2)c1. The van der Waals surface area contributed by atoms with Crippen molar-refractivity contribution >= 4 is 17.3 Å². The first-order valence-electron chi connectivity index (χ1n) is 7.45. The Labute approximate surface area is 136 Å². The molecule has 2 rings (SSSR count). The van der Waals surface area contributed by atoms with Crippen LogP contribution >= 0.6 is 11.6 Å². The molecule has 2 aromatic rings. The molecule has 2 nitrogen and oxygen atoms in total. The summed E-state index contributed by atoms with van der Waals surface area (Å²) in [4.78, 5) is 0. The molecule has 0 saturated heterocycles. The van der Waals surface area contributed by atoms with Crippen LogP contribution in [0.5, 0.6) is 5.75 Å². The van der Waals surface area contributed by atoms with E-state index in [1.807, 2.05) is 24.3 Å². The minimum atomic E-state index is -0.409. The fourth-order valence-corrected chi connectivity index (χ4v) is 2.15. The molecule has 0 aliphatic heterocycles. The highest BCUT2D eigenvalue weighted by Gasteiger charge is 2.02. The van der Waals surface area contributed by atoms with Crippen LogP contribution < -0.4 is 10.1 Å². The van der Waals surface area contributed by atoms with Crippen molar-refractivity contribution in [3.8, 4) is 5.75 Å². The lowest BCUT2D eigenvalue weighted by Crippen LogP contribution is -2.03. The largest absolute Gasteiger partial charge is 0.494 e. The van der Waals surface area contributed by atoms with Gasteiger partial charge in [0.25, 0.3) is 0 Å². The van der Waals surface area contributed by atoms with Gasteiger partial charge in [-0.25, -0.2) is 4.39 Å². The highest BCUT2D eigenvalue weighted by Crippen LogP contribution is 2.21. The van der Waals surface area contributed by atoms with Crippen molar-refractivity contribution in [1.29, 1.82) is 0 Å². The van der Waals surface area contributed by atoms with Gasteiger partial charge in [0, 0.05) is 12.2 Å². The molecule has 0 spiro atoms. The van der Waals surface area contributed by atoms with Crippen LogP contribution in [0.2, 0.25) is 5.02 Å². The molecular formula is C18H21ClFNO. The lowest BCUT2D eigenvalue weighted by Gasteiger charge is -2.11. The van der Waals surface area contributed by atoms with Gasteiger partial charge in [0.2, 0.25) is 0 Å². The average Bonchev–Trinajstić information content (AvgIpc) is 2.49. The van der Waals surface area contributed by atoms with Gasteiger partial charge in [-0.05, 0) is 48.2 Å². The summed E-state index contributed by atoms with van der Waals surface area (Å²) in [7, 11) is 0. The highest BCUT2D eigenvalue weighted by molar-refractivity contribution is 6.31. The molecule has 4 heteroatoms. The number of anilines is 1. The second kappa shape index (κ2) is 8.04. The first-order chi connectivity index (χ1) is 10.5. The highest BCUT2D eigenvalue weighted by atomic mass is 35.5. The fourth-order valence-electron chi connectivity index (χ4n) is 1.97. The molecule has 22 heavy (non-hydrogen) atoms. The van der Waals surface area contributed by atoms with E-state index in [2.05, 4.69) is 19.2 Å². The standard InChI is InChI=1S/C18H21ClFNO/c1-13(2)8-9-22-16-5-3-4-14(10-16)12-21-15-6-7-18(20)17(19)11-15/h3-7,10-11,13,21H,8-9,12H2,1-2H3. The molecule has 0 aliphatic carbocycles. The van der Waals surface area contributed by atoms with E-state index in [4.69, 9.17) is 16.3 Å². The van der Waals surface area contributed by atoms with Crippen LogP contribution in [0, 0.1) is 11.7 Å². The van der Waals surface area contributed by atoms with Crippen molar-refractivity contribution in [3.63, 3.8) is 0 Å². The zero-order chi connectivity index (χ0) is 15.9. The van der Waals surface area contributed by atoms with E-state index in [9.17, 15) is 4.39 Å². The van der Waals surface area contributed by atoms with E-state index in [0.717, 1.165) is 30.0 Å². The average molecular weight is 322 g/mol. The molecular weight excluding hydrogens is 301 g/mol. The van der Waals surface area contributed by atoms with Crippen LogP contribution in [-0.2, 0) is 6.54 Å². The Morgan fingerprint density at radius 3 is 2.73 bits per heavy atom. The number of halogens is 2. The molecule has 0 aromatic heterocycles. The minimum Gasteiger partial charge on any atom is -0.494 e. The smallest absolute Gasteiger partial charge is 0.141 e. The fraction of sp³-hybridized carbons (Fsp3) is 0.333. The summed E-state index contributed by atoms with van der Waals surface area (Å²) in [6, 6.07) is 12.6. The van der Waals surface area contributed by atoms with Gasteiger partial charge >= 0.3 is 0 Å². The predicted molar refractivity (Wildman–Crippen MR) is 90.1 cm³/mol. The number of ether oxygens (including phenoxy) is 1. The second-order valence-corrected chi connectivity index (χ2v) is 6.07. The van der Waals surface area contributed by atoms with Gasteiger partial charge in [-0.2, -0.15) is 0 Å². The van der Waals surface area contributed by atoms with Gasteiger partial charge < -0.3 is 10.1 Å². The molecule has 1 N–H and O–H groups in total. The Morgan fingerprint density at radius 1 is 1.18 bits per heavy atom. The third-order valence-electron chi connectivity index (χ3n) is 3.28. The van der Waals surface area contributed by atoms with E-state index in [1.165, 1.54) is 6.07 Å². The van der Waals surface area contributed by atoms with Crippen LogP contribution in [0.1, 0.15) is 25.8 Å². The summed E-state index contributed by atoms with van der Waals surface area (Å²) in [6.07, 6.45) is 1.04. The van der Waals surface area contributed by atoms with Gasteiger partial charge in [-0.15, -0.1) is 0 Å². The van der Waals surface area contributed by atoms with Gasteiger partial charge in [0.15, 0.2) is 0 Å². The molecule has 0 amide bonds. The minimum absolute atomic E-state index is 0.121. The van der Waals surface area contributed by atoms with Gasteiger partial charge in [0.1, 0.15) is 11.6 Å². The molecule has 0 saturated carbocycles. The molecule has 0 aliphatic rings. The Bertz CT molecular complexity index is 616. The van der Waals surface area contributed by atoms with Crippen LogP contribution in [0.15, 0.2) is 42.5 Å². The van der Waals surface area contributed by atoms with E-state index in [-0.39, 0.29) is 5.02 Å². The monoisotopic (exact) mass is 321 g/mol. The summed E-state index contributed by atoms with van der Waals surface area (Å²) in [5, 5.41) is 3.34. The van der Waals surface area contributed by atoms with E-state index in [1.54, 1.807) is 12.1 Å². The third kappa shape index (κ3) is 5.23. The third-order valence-corrected chi connectivity index (χ3v) is 3.57. The number of benzene rings is 2. The first-order valence-corrected chi connectivity index (χ1v) is 7.83. The molecule has 0 heterocycles. The number of rotatable bonds is 7. The number of hydrogen-bond donors (Lipinski definition) is 1. The molecule has 0 fully saturated rings. The van der Waals surface area contributed by atoms with Crippen molar-refractivity contribution in [2.75, 3.05) is 11.9 Å². The Kier molecular flexibility index (Phi) is 6.08. The summed E-state index contributed by atoms with van der Waals surface area (Å²) in [6.45, 7) is 5.71. The molecule has 2 aromatic carbocycles. The van der Waals surface area contributed by atoms with E-state index in [0.29, 0.717) is 12.5 Å². The lowest BCUT2D eigenvalue weighted by atomic mass is 10.1. The van der Waals surface area contributed by atoms with Crippen molar-refractivity contribution < 1.29 is 9.13 Å². The predicted octanol–water partition coefficient (Wildman–Crippen LogP) is 5.52. The molecule has 0 bridgehead atoms. The summed E-state index contributed by atoms with van der Waals surface area (Å²) >= 11 is 5.77. The zero-order valence-corrected chi connectivity index (χ0v) is 13.7. The van der Waals surface area contributed by atoms with Crippen molar-refractivity contribution in [1.82, 2.24) is 0 Å². The first kappa shape index (κ1) is 16.6. The Balaban J connectivity index is 1.91. The Hall–Kier alpha value is -1.74. The van der Waals surface area contributed by atoms with Crippen molar-refractivity contribution in [3.05, 3.63) is 58.9 Å². The van der Waals surface area contributed by atoms with E-state index < -0.39 is 5.82 Å². The van der Waals surface area contributed by atoms with Crippen molar-refractivity contribution in [2.45, 2.75) is 26.8 Å². The lowest BCUT2D eigenvalue weighted by molar-refractivity contribution is 0.289. The van der Waals surface area contributed by atoms with Crippen LogP contribution in [-0.4, -0.2) is 6.61 Å².